The molecule has 3 rings (SSSR count). The third-order valence-corrected chi connectivity index (χ3v) is 4.10. The van der Waals surface area contributed by atoms with E-state index in [0.717, 1.165) is 12.0 Å². The maximum absolute atomic E-state index is 12.6. The van der Waals surface area contributed by atoms with Gasteiger partial charge >= 0.3 is 0 Å². The molecule has 1 aliphatic carbocycles. The Morgan fingerprint density at radius 1 is 0.909 bits per heavy atom. The summed E-state index contributed by atoms with van der Waals surface area (Å²) in [5.41, 5.74) is 2.85. The molecule has 0 bridgehead atoms. The molecule has 0 spiro atoms. The minimum Gasteiger partial charge on any atom is -0.374 e. The molecule has 22 heavy (non-hydrogen) atoms. The zero-order valence-electron chi connectivity index (χ0n) is 12.8. The summed E-state index contributed by atoms with van der Waals surface area (Å²) in [5.74, 6) is -0.171. The number of hydrogen-bond donors (Lipinski definition) is 0. The van der Waals surface area contributed by atoms with Crippen LogP contribution < -0.4 is 0 Å². The molecular formula is C19H18O3. The van der Waals surface area contributed by atoms with E-state index < -0.39 is 0 Å². The van der Waals surface area contributed by atoms with Crippen molar-refractivity contribution < 1.29 is 14.3 Å². The third kappa shape index (κ3) is 2.48. The van der Waals surface area contributed by atoms with E-state index in [4.69, 9.17) is 4.74 Å². The molecule has 0 fully saturated rings. The van der Waals surface area contributed by atoms with Gasteiger partial charge < -0.3 is 4.74 Å². The van der Waals surface area contributed by atoms with E-state index in [2.05, 4.69) is 6.92 Å². The van der Waals surface area contributed by atoms with Gasteiger partial charge in [0.15, 0.2) is 11.6 Å². The Morgan fingerprint density at radius 2 is 1.50 bits per heavy atom. The molecule has 2 aromatic carbocycles. The summed E-state index contributed by atoms with van der Waals surface area (Å²) in [5, 5.41) is 0. The van der Waals surface area contributed by atoms with Crippen molar-refractivity contribution in [3.05, 3.63) is 70.3 Å². The van der Waals surface area contributed by atoms with Crippen LogP contribution in [-0.2, 0) is 11.3 Å². The van der Waals surface area contributed by atoms with E-state index in [0.29, 0.717) is 28.9 Å². The Kier molecular flexibility index (Phi) is 3.90. The van der Waals surface area contributed by atoms with Crippen LogP contribution in [0.5, 0.6) is 0 Å². The van der Waals surface area contributed by atoms with Crippen LogP contribution in [0, 0.1) is 0 Å². The topological polar surface area (TPSA) is 43.4 Å². The summed E-state index contributed by atoms with van der Waals surface area (Å²) in [6.07, 6.45) is 1.12. The maximum Gasteiger partial charge on any atom is 0.194 e. The fourth-order valence-electron chi connectivity index (χ4n) is 2.59. The van der Waals surface area contributed by atoms with Crippen LogP contribution in [0.1, 0.15) is 57.7 Å². The molecule has 0 heterocycles. The van der Waals surface area contributed by atoms with E-state index >= 15 is 0 Å². The summed E-state index contributed by atoms with van der Waals surface area (Å²) in [4.78, 5) is 25.1. The van der Waals surface area contributed by atoms with Crippen molar-refractivity contribution in [1.82, 2.24) is 0 Å². The lowest BCUT2D eigenvalue weighted by Crippen LogP contribution is -2.21. The SMILES string of the molecule is CCC(C)OCc1ccc2c(c1)C(=O)c1ccccc1C2=O. The van der Waals surface area contributed by atoms with Gasteiger partial charge in [0.05, 0.1) is 12.7 Å². The lowest BCUT2D eigenvalue weighted by Gasteiger charge is -2.18. The number of rotatable bonds is 4. The molecule has 2 aromatic rings. The van der Waals surface area contributed by atoms with Gasteiger partial charge in [-0.2, -0.15) is 0 Å². The number of benzene rings is 2. The fraction of sp³-hybridized carbons (Fsp3) is 0.263. The van der Waals surface area contributed by atoms with Gasteiger partial charge in [-0.25, -0.2) is 0 Å². The number of carbonyl (C=O) groups excluding carboxylic acids is 2. The van der Waals surface area contributed by atoms with Gasteiger partial charge in [0.1, 0.15) is 0 Å². The first-order valence-corrected chi connectivity index (χ1v) is 7.54. The van der Waals surface area contributed by atoms with Crippen molar-refractivity contribution in [1.29, 1.82) is 0 Å². The van der Waals surface area contributed by atoms with Gasteiger partial charge in [-0.3, -0.25) is 9.59 Å². The molecule has 0 saturated heterocycles. The van der Waals surface area contributed by atoms with Crippen molar-refractivity contribution in [2.75, 3.05) is 0 Å². The lowest BCUT2D eigenvalue weighted by atomic mass is 9.83. The number of fused-ring (bicyclic) bond motifs is 2. The summed E-state index contributed by atoms with van der Waals surface area (Å²) in [7, 11) is 0. The predicted molar refractivity (Wildman–Crippen MR) is 84.3 cm³/mol. The number of carbonyl (C=O) groups is 2. The van der Waals surface area contributed by atoms with E-state index in [1.54, 1.807) is 36.4 Å². The van der Waals surface area contributed by atoms with Crippen LogP contribution in [0.25, 0.3) is 0 Å². The van der Waals surface area contributed by atoms with Crippen LogP contribution in [0.4, 0.5) is 0 Å². The van der Waals surface area contributed by atoms with Gasteiger partial charge in [0.25, 0.3) is 0 Å². The van der Waals surface area contributed by atoms with Crippen molar-refractivity contribution >= 4 is 11.6 Å². The highest BCUT2D eigenvalue weighted by Crippen LogP contribution is 2.28. The summed E-state index contributed by atoms with van der Waals surface area (Å²) >= 11 is 0. The zero-order valence-corrected chi connectivity index (χ0v) is 12.8. The van der Waals surface area contributed by atoms with Crippen LogP contribution in [-0.4, -0.2) is 17.7 Å². The second-order valence-corrected chi connectivity index (χ2v) is 5.61. The second kappa shape index (κ2) is 5.85. The molecule has 1 atom stereocenters. The van der Waals surface area contributed by atoms with Crippen molar-refractivity contribution in [3.63, 3.8) is 0 Å². The molecule has 3 nitrogen and oxygen atoms in total. The Hall–Kier alpha value is -2.26. The Morgan fingerprint density at radius 3 is 2.14 bits per heavy atom. The highest BCUT2D eigenvalue weighted by Gasteiger charge is 2.29. The zero-order chi connectivity index (χ0) is 15.7. The van der Waals surface area contributed by atoms with Crippen LogP contribution >= 0.6 is 0 Å². The van der Waals surface area contributed by atoms with Gasteiger partial charge in [-0.15, -0.1) is 0 Å². The molecular weight excluding hydrogens is 276 g/mol. The molecule has 1 unspecified atom stereocenters. The number of ether oxygens (including phenoxy) is 1. The van der Waals surface area contributed by atoms with Gasteiger partial charge in [0.2, 0.25) is 0 Å². The molecule has 0 amide bonds. The number of hydrogen-bond acceptors (Lipinski definition) is 3. The van der Waals surface area contributed by atoms with Gasteiger partial charge in [0, 0.05) is 22.3 Å². The van der Waals surface area contributed by atoms with Crippen molar-refractivity contribution in [3.8, 4) is 0 Å². The van der Waals surface area contributed by atoms with Gasteiger partial charge in [-0.05, 0) is 31.0 Å². The average Bonchev–Trinajstić information content (AvgIpc) is 2.57. The van der Waals surface area contributed by atoms with Crippen molar-refractivity contribution in [2.45, 2.75) is 33.0 Å². The standard InChI is InChI=1S/C19H18O3/c1-3-12(2)22-11-13-8-9-16-17(10-13)19(21)15-7-5-4-6-14(15)18(16)20/h4-10,12H,3,11H2,1-2H3. The summed E-state index contributed by atoms with van der Waals surface area (Å²) < 4.78 is 5.70. The Labute approximate surface area is 129 Å². The molecule has 112 valence electrons. The smallest absolute Gasteiger partial charge is 0.194 e. The average molecular weight is 294 g/mol. The predicted octanol–water partition coefficient (Wildman–Crippen LogP) is 3.78. The first kappa shape index (κ1) is 14.7. The molecule has 3 heteroatoms. The molecule has 0 aliphatic heterocycles. The van der Waals surface area contributed by atoms with Crippen molar-refractivity contribution in [2.24, 2.45) is 0 Å². The van der Waals surface area contributed by atoms with E-state index in [9.17, 15) is 9.59 Å². The van der Waals surface area contributed by atoms with E-state index in [1.165, 1.54) is 0 Å². The molecule has 0 aromatic heterocycles. The number of ketones is 2. The third-order valence-electron chi connectivity index (χ3n) is 4.10. The largest absolute Gasteiger partial charge is 0.374 e. The lowest BCUT2D eigenvalue weighted by molar-refractivity contribution is 0.0508. The first-order valence-electron chi connectivity index (χ1n) is 7.54. The van der Waals surface area contributed by atoms with E-state index in [1.807, 2.05) is 13.0 Å². The quantitative estimate of drug-likeness (QED) is 0.735. The molecule has 0 N–H and O–H groups in total. The Bertz CT molecular complexity index is 746. The summed E-state index contributed by atoms with van der Waals surface area (Å²) in [6, 6.07) is 12.4. The molecule has 0 radical (unpaired) electrons. The highest BCUT2D eigenvalue weighted by atomic mass is 16.5. The normalized spacial score (nSPS) is 14.5. The minimum atomic E-state index is -0.0874. The van der Waals surface area contributed by atoms with E-state index in [-0.39, 0.29) is 17.7 Å². The second-order valence-electron chi connectivity index (χ2n) is 5.61. The van der Waals surface area contributed by atoms with Gasteiger partial charge in [-0.1, -0.05) is 37.3 Å². The Balaban J connectivity index is 1.96. The monoisotopic (exact) mass is 294 g/mol. The van der Waals surface area contributed by atoms with Crippen LogP contribution in [0.15, 0.2) is 42.5 Å². The van der Waals surface area contributed by atoms with Crippen LogP contribution in [0.2, 0.25) is 0 Å². The molecule has 0 saturated carbocycles. The minimum absolute atomic E-state index is 0.0837. The highest BCUT2D eigenvalue weighted by molar-refractivity contribution is 6.28. The van der Waals surface area contributed by atoms with Crippen LogP contribution in [0.3, 0.4) is 0 Å². The first-order chi connectivity index (χ1) is 10.6. The molecule has 1 aliphatic rings. The summed E-state index contributed by atoms with van der Waals surface area (Å²) in [6.45, 7) is 4.53. The maximum atomic E-state index is 12.6. The fourth-order valence-corrected chi connectivity index (χ4v) is 2.59.